The number of hydrogen-bond donors (Lipinski definition) is 1. The maximum Gasteiger partial charge on any atom is 0.349 e. The maximum atomic E-state index is 12.4. The van der Waals surface area contributed by atoms with Gasteiger partial charge in [-0.1, -0.05) is 44.7 Å². The van der Waals surface area contributed by atoms with Crippen molar-refractivity contribution < 1.29 is 33.4 Å². The molecule has 11 nitrogen and oxygen atoms in total. The van der Waals surface area contributed by atoms with E-state index in [0.29, 0.717) is 29.4 Å². The monoisotopic (exact) mass is 587 g/mol. The summed E-state index contributed by atoms with van der Waals surface area (Å²) >= 11 is 0. The fourth-order valence-corrected chi connectivity index (χ4v) is 4.68. The normalized spacial score (nSPS) is 13.7. The van der Waals surface area contributed by atoms with Crippen molar-refractivity contribution in [2.45, 2.75) is 44.9 Å². The molecule has 0 spiro atoms. The summed E-state index contributed by atoms with van der Waals surface area (Å²) in [5.41, 5.74) is 7.69. The van der Waals surface area contributed by atoms with Crippen LogP contribution in [0.4, 0.5) is 5.69 Å². The molecule has 1 atom stereocenters. The molecule has 1 aliphatic rings. The average Bonchev–Trinajstić information content (AvgIpc) is 3.01. The number of carbonyl (C=O) groups excluding carboxylic acids is 1. The van der Waals surface area contributed by atoms with E-state index in [-0.39, 0.29) is 28.6 Å². The predicted molar refractivity (Wildman–Crippen MR) is 157 cm³/mol. The van der Waals surface area contributed by atoms with E-state index < -0.39 is 23.4 Å². The zero-order valence-electron chi connectivity index (χ0n) is 24.0. The molecular formula is C32H33N3O8. The minimum atomic E-state index is -0.697. The fourth-order valence-electron chi connectivity index (χ4n) is 4.68. The number of rotatable bonds is 14. The van der Waals surface area contributed by atoms with Crippen molar-refractivity contribution in [3.63, 3.8) is 0 Å². The summed E-state index contributed by atoms with van der Waals surface area (Å²) in [5.74, 6) is 0.629. The number of nitro groups is 1. The minimum absolute atomic E-state index is 0.0589. The second-order valence-electron chi connectivity index (χ2n) is 9.81. The smallest absolute Gasteiger partial charge is 0.349 e. The van der Waals surface area contributed by atoms with Gasteiger partial charge in [0, 0.05) is 23.8 Å². The van der Waals surface area contributed by atoms with Crippen LogP contribution >= 0.6 is 0 Å². The van der Waals surface area contributed by atoms with Gasteiger partial charge in [-0.15, -0.1) is 0 Å². The van der Waals surface area contributed by atoms with Crippen molar-refractivity contribution in [3.05, 3.63) is 93.4 Å². The van der Waals surface area contributed by atoms with E-state index in [9.17, 15) is 20.2 Å². The number of hydrogen-bond acceptors (Lipinski definition) is 10. The highest BCUT2D eigenvalue weighted by atomic mass is 16.6. The molecule has 3 aromatic carbocycles. The van der Waals surface area contributed by atoms with Crippen LogP contribution in [-0.4, -0.2) is 31.2 Å². The first kappa shape index (κ1) is 30.7. The molecule has 0 aliphatic carbocycles. The Balaban J connectivity index is 1.47. The van der Waals surface area contributed by atoms with E-state index >= 15 is 0 Å². The van der Waals surface area contributed by atoms with Gasteiger partial charge in [0.1, 0.15) is 28.9 Å². The number of nitrogens with two attached hydrogens (primary N) is 1. The predicted octanol–water partition coefficient (Wildman–Crippen LogP) is 6.16. The molecule has 4 rings (SSSR count). The molecule has 0 amide bonds. The Morgan fingerprint density at radius 1 is 1.00 bits per heavy atom. The van der Waals surface area contributed by atoms with Crippen molar-refractivity contribution in [1.29, 1.82) is 5.26 Å². The number of ether oxygens (including phenoxy) is 5. The highest BCUT2D eigenvalue weighted by Gasteiger charge is 2.32. The lowest BCUT2D eigenvalue weighted by Gasteiger charge is -2.27. The third-order valence-electron chi connectivity index (χ3n) is 6.85. The second kappa shape index (κ2) is 14.6. The molecule has 0 aromatic heterocycles. The third-order valence-corrected chi connectivity index (χ3v) is 6.85. The van der Waals surface area contributed by atoms with Crippen LogP contribution in [0, 0.1) is 21.4 Å². The largest absolute Gasteiger partial charge is 0.493 e. The number of benzene rings is 3. The van der Waals surface area contributed by atoms with Gasteiger partial charge in [-0.05, 0) is 42.3 Å². The van der Waals surface area contributed by atoms with Crippen molar-refractivity contribution in [2.24, 2.45) is 5.73 Å². The number of methoxy groups -OCH3 is 1. The van der Waals surface area contributed by atoms with Crippen LogP contribution in [0.25, 0.3) is 0 Å². The number of non-ortho nitro benzene ring substituents is 1. The molecule has 0 saturated heterocycles. The molecule has 11 heteroatoms. The molecule has 0 bridgehead atoms. The first-order chi connectivity index (χ1) is 20.8. The Hall–Kier alpha value is -5.24. The van der Waals surface area contributed by atoms with E-state index in [1.165, 1.54) is 49.6 Å². The van der Waals surface area contributed by atoms with E-state index in [4.69, 9.17) is 29.4 Å². The zero-order valence-corrected chi connectivity index (χ0v) is 24.0. The zero-order chi connectivity index (χ0) is 30.8. The van der Waals surface area contributed by atoms with E-state index in [0.717, 1.165) is 18.4 Å². The third kappa shape index (κ3) is 7.74. The first-order valence-electron chi connectivity index (χ1n) is 13.9. The fraction of sp³-hybridized carbons (Fsp3) is 0.312. The Bertz CT molecular complexity index is 1530. The van der Waals surface area contributed by atoms with Gasteiger partial charge in [-0.25, -0.2) is 4.79 Å². The molecule has 43 heavy (non-hydrogen) atoms. The summed E-state index contributed by atoms with van der Waals surface area (Å²) in [5, 5.41) is 20.7. The Morgan fingerprint density at radius 3 is 2.44 bits per heavy atom. The lowest BCUT2D eigenvalue weighted by molar-refractivity contribution is -0.384. The van der Waals surface area contributed by atoms with Gasteiger partial charge in [0.2, 0.25) is 5.88 Å². The number of carbonyl (C=O) groups is 1. The number of nitriles is 1. The van der Waals surface area contributed by atoms with Gasteiger partial charge in [0.15, 0.2) is 18.1 Å². The summed E-state index contributed by atoms with van der Waals surface area (Å²) in [7, 11) is 1.56. The minimum Gasteiger partial charge on any atom is -0.493 e. The molecule has 0 fully saturated rings. The van der Waals surface area contributed by atoms with Crippen LogP contribution in [0.15, 0.2) is 72.1 Å². The summed E-state index contributed by atoms with van der Waals surface area (Å²) in [4.78, 5) is 22.7. The van der Waals surface area contributed by atoms with Crippen molar-refractivity contribution in [2.75, 3.05) is 20.3 Å². The first-order valence-corrected chi connectivity index (χ1v) is 13.9. The van der Waals surface area contributed by atoms with Gasteiger partial charge in [-0.3, -0.25) is 10.1 Å². The molecule has 0 radical (unpaired) electrons. The maximum absolute atomic E-state index is 12.4. The van der Waals surface area contributed by atoms with Gasteiger partial charge < -0.3 is 29.4 Å². The number of nitrogens with zero attached hydrogens (tertiary/aromatic N) is 2. The lowest BCUT2D eigenvalue weighted by Crippen LogP contribution is -2.22. The molecule has 1 unspecified atom stereocenters. The number of allylic oxidation sites excluding steroid dienone is 1. The number of fused-ring (bicyclic) bond motifs is 1. The molecule has 0 saturated carbocycles. The van der Waals surface area contributed by atoms with Crippen LogP contribution in [0.1, 0.15) is 56.1 Å². The Labute approximate surface area is 249 Å². The van der Waals surface area contributed by atoms with Gasteiger partial charge in [0.05, 0.1) is 24.6 Å². The summed E-state index contributed by atoms with van der Waals surface area (Å²) in [6.07, 6.45) is 5.63. The Morgan fingerprint density at radius 2 is 1.74 bits per heavy atom. The molecular weight excluding hydrogens is 554 g/mol. The van der Waals surface area contributed by atoms with Gasteiger partial charge in [-0.2, -0.15) is 5.26 Å². The number of unbranched alkanes of at least 4 members (excludes halogenated alkanes) is 4. The second-order valence-corrected chi connectivity index (χ2v) is 9.81. The SMILES string of the molecule is CCCCCCCOc1ccc(C2C(C#N)=C(N)Oc3cc(OC(=O)COc4ccc([N+](=O)[O-])cc4)ccc32)cc1OC. The van der Waals surface area contributed by atoms with E-state index in [2.05, 4.69) is 13.0 Å². The highest BCUT2D eigenvalue weighted by Crippen LogP contribution is 2.45. The van der Waals surface area contributed by atoms with Crippen LogP contribution < -0.4 is 29.4 Å². The molecule has 1 heterocycles. The Kier molecular flexibility index (Phi) is 10.4. The van der Waals surface area contributed by atoms with E-state index in [1.807, 2.05) is 18.2 Å². The van der Waals surface area contributed by atoms with Gasteiger partial charge >= 0.3 is 5.97 Å². The standard InChI is InChI=1S/C32H33N3O8/c1-3-4-5-6-7-16-40-27-15-8-21(17-29(27)39-2)31-25-14-13-24(18-28(25)43-32(34)26(31)19-33)42-30(36)20-41-23-11-9-22(10-12-23)35(37)38/h8-15,17-18,31H,3-7,16,20,34H2,1-2H3. The highest BCUT2D eigenvalue weighted by molar-refractivity contribution is 5.74. The van der Waals surface area contributed by atoms with Gasteiger partial charge in [0.25, 0.3) is 5.69 Å². The summed E-state index contributed by atoms with van der Waals surface area (Å²) in [6.45, 7) is 2.33. The molecule has 2 N–H and O–H groups in total. The summed E-state index contributed by atoms with van der Waals surface area (Å²) in [6, 6.07) is 17.8. The molecule has 3 aromatic rings. The molecule has 1 aliphatic heterocycles. The van der Waals surface area contributed by atoms with Crippen LogP contribution in [0.5, 0.6) is 28.7 Å². The summed E-state index contributed by atoms with van der Waals surface area (Å²) < 4.78 is 28.1. The van der Waals surface area contributed by atoms with Crippen molar-refractivity contribution in [3.8, 4) is 34.8 Å². The van der Waals surface area contributed by atoms with Crippen LogP contribution in [0.2, 0.25) is 0 Å². The quantitative estimate of drug-likeness (QED) is 0.0762. The van der Waals surface area contributed by atoms with E-state index in [1.54, 1.807) is 19.2 Å². The number of nitro benzene ring substituents is 1. The van der Waals surface area contributed by atoms with Crippen molar-refractivity contribution in [1.82, 2.24) is 0 Å². The lowest BCUT2D eigenvalue weighted by atomic mass is 9.83. The number of esters is 1. The topological polar surface area (TPSA) is 156 Å². The average molecular weight is 588 g/mol. The van der Waals surface area contributed by atoms with Crippen LogP contribution in [-0.2, 0) is 4.79 Å². The molecule has 224 valence electrons. The van der Waals surface area contributed by atoms with Crippen molar-refractivity contribution >= 4 is 11.7 Å². The van der Waals surface area contributed by atoms with Crippen LogP contribution in [0.3, 0.4) is 0 Å².